The molecule has 1 fully saturated rings. The van der Waals surface area contributed by atoms with E-state index in [1.165, 1.54) is 4.52 Å². The van der Waals surface area contributed by atoms with Crippen LogP contribution in [-0.2, 0) is 9.53 Å². The average molecular weight is 496 g/mol. The number of H-pyrrole nitrogens is 1. The number of halogens is 1. The second kappa shape index (κ2) is 9.59. The van der Waals surface area contributed by atoms with Gasteiger partial charge in [0, 0.05) is 18.3 Å². The Bertz CT molecular complexity index is 1360. The number of aromatic amines is 1. The van der Waals surface area contributed by atoms with E-state index in [1.807, 2.05) is 6.07 Å². The normalized spacial score (nSPS) is 21.9. The van der Waals surface area contributed by atoms with Gasteiger partial charge in [0.05, 0.1) is 6.57 Å². The van der Waals surface area contributed by atoms with Crippen molar-refractivity contribution in [2.45, 2.75) is 46.6 Å². The van der Waals surface area contributed by atoms with E-state index in [2.05, 4.69) is 47.6 Å². The third-order valence-electron chi connectivity index (χ3n) is 6.51. The van der Waals surface area contributed by atoms with Gasteiger partial charge in [0.25, 0.3) is 5.91 Å². The molecule has 0 saturated heterocycles. The molecule has 2 atom stereocenters. The molecule has 4 rings (SSSR count). The van der Waals surface area contributed by atoms with Crippen molar-refractivity contribution in [2.24, 2.45) is 17.8 Å². The van der Waals surface area contributed by atoms with Gasteiger partial charge in [-0.2, -0.15) is 0 Å². The largest absolute Gasteiger partial charge is 0.459 e. The summed E-state index contributed by atoms with van der Waals surface area (Å²) >= 11 is 6.46. The van der Waals surface area contributed by atoms with Gasteiger partial charge in [-0.05, 0) is 49.7 Å². The molecule has 1 amide bonds. The fourth-order valence-corrected chi connectivity index (χ4v) is 5.23. The van der Waals surface area contributed by atoms with E-state index in [9.17, 15) is 9.59 Å². The second-order valence-corrected chi connectivity index (χ2v) is 9.93. The third kappa shape index (κ3) is 4.69. The topological polar surface area (TPSA) is 92.8 Å². The standard InChI is InChI=1S/C26H28ClN5O3.H2/c1-13(2)25(33)29-18-9-7-8-17(12-18)23-30-24-19(20(28-6)22(27)32(24)31-23)26(34)35-21-15(4)10-14(3)11-16(21)5;/h7-9,12,14-16,21H,1,10-11H2,2-5H3,(H,29,33)(H,30,31);1H. The van der Waals surface area contributed by atoms with Crippen LogP contribution < -0.4 is 5.32 Å². The van der Waals surface area contributed by atoms with Crippen molar-refractivity contribution in [3.63, 3.8) is 0 Å². The van der Waals surface area contributed by atoms with Crippen LogP contribution in [0.2, 0.25) is 5.15 Å². The molecule has 2 aromatic heterocycles. The maximum atomic E-state index is 13.3. The summed E-state index contributed by atoms with van der Waals surface area (Å²) in [6.45, 7) is 19.3. The van der Waals surface area contributed by atoms with E-state index in [0.717, 1.165) is 12.8 Å². The molecule has 2 heterocycles. The van der Waals surface area contributed by atoms with Crippen LogP contribution in [0.25, 0.3) is 21.9 Å². The first-order valence-corrected chi connectivity index (χ1v) is 11.9. The Labute approximate surface area is 210 Å². The van der Waals surface area contributed by atoms with E-state index in [4.69, 9.17) is 22.9 Å². The summed E-state index contributed by atoms with van der Waals surface area (Å²) in [5.74, 6) is 0.551. The van der Waals surface area contributed by atoms with Crippen LogP contribution in [0.15, 0.2) is 36.4 Å². The maximum absolute atomic E-state index is 13.3. The molecule has 0 aliphatic heterocycles. The minimum atomic E-state index is -0.598. The highest BCUT2D eigenvalue weighted by Gasteiger charge is 2.36. The molecule has 0 radical (unpaired) electrons. The maximum Gasteiger partial charge on any atom is 0.331 e. The van der Waals surface area contributed by atoms with Crippen molar-refractivity contribution in [1.29, 1.82) is 0 Å². The molecule has 1 aliphatic rings. The summed E-state index contributed by atoms with van der Waals surface area (Å²) in [6.07, 6.45) is 1.72. The van der Waals surface area contributed by atoms with Gasteiger partial charge < -0.3 is 10.1 Å². The number of carbonyl (C=O) groups excluding carboxylic acids is 2. The smallest absolute Gasteiger partial charge is 0.331 e. The number of anilines is 1. The van der Waals surface area contributed by atoms with Crippen molar-refractivity contribution in [1.82, 2.24) is 14.6 Å². The second-order valence-electron chi connectivity index (χ2n) is 9.57. The molecule has 1 saturated carbocycles. The van der Waals surface area contributed by atoms with E-state index >= 15 is 0 Å². The van der Waals surface area contributed by atoms with Crippen molar-refractivity contribution in [2.75, 3.05) is 5.32 Å². The number of carbonyl (C=O) groups is 2. The molecule has 184 valence electrons. The van der Waals surface area contributed by atoms with Gasteiger partial charge in [0.1, 0.15) is 16.8 Å². The number of hydrogen-bond acceptors (Lipinski definition) is 4. The predicted molar refractivity (Wildman–Crippen MR) is 138 cm³/mol. The Morgan fingerprint density at radius 2 is 2.00 bits per heavy atom. The first kappa shape index (κ1) is 24.6. The Kier molecular flexibility index (Phi) is 6.73. The summed E-state index contributed by atoms with van der Waals surface area (Å²) in [6, 6.07) is 7.08. The van der Waals surface area contributed by atoms with Crippen LogP contribution in [0.3, 0.4) is 0 Å². The van der Waals surface area contributed by atoms with E-state index < -0.39 is 5.97 Å². The lowest BCUT2D eigenvalue weighted by Crippen LogP contribution is -2.37. The number of benzene rings is 1. The van der Waals surface area contributed by atoms with E-state index in [1.54, 1.807) is 25.1 Å². The molecule has 35 heavy (non-hydrogen) atoms. The zero-order chi connectivity index (χ0) is 25.4. The Hall–Kier alpha value is -3.57. The minimum Gasteiger partial charge on any atom is -0.459 e. The van der Waals surface area contributed by atoms with Crippen LogP contribution in [0, 0.1) is 24.3 Å². The van der Waals surface area contributed by atoms with Crippen molar-refractivity contribution < 1.29 is 15.8 Å². The highest BCUT2D eigenvalue weighted by Crippen LogP contribution is 2.39. The Morgan fingerprint density at radius 1 is 1.31 bits per heavy atom. The van der Waals surface area contributed by atoms with Crippen molar-refractivity contribution in [3.05, 3.63) is 58.6 Å². The number of nitrogens with one attached hydrogen (secondary N) is 2. The van der Waals surface area contributed by atoms with Crippen LogP contribution in [0.4, 0.5) is 11.4 Å². The number of hydrogen-bond donors (Lipinski definition) is 2. The fraction of sp³-hybridized carbons (Fsp3) is 0.385. The molecule has 8 nitrogen and oxygen atoms in total. The lowest BCUT2D eigenvalue weighted by molar-refractivity contribution is -0.112. The number of esters is 1. The summed E-state index contributed by atoms with van der Waals surface area (Å²) in [7, 11) is 0. The molecule has 1 aliphatic carbocycles. The first-order chi connectivity index (χ1) is 16.6. The Morgan fingerprint density at radius 3 is 2.63 bits per heavy atom. The number of rotatable bonds is 5. The lowest BCUT2D eigenvalue weighted by Gasteiger charge is -2.37. The molecule has 0 spiro atoms. The average Bonchev–Trinajstić information content (AvgIpc) is 3.34. The lowest BCUT2D eigenvalue weighted by atomic mass is 9.75. The van der Waals surface area contributed by atoms with Gasteiger partial charge in [0.15, 0.2) is 11.5 Å². The highest BCUT2D eigenvalue weighted by atomic mass is 35.5. The van der Waals surface area contributed by atoms with E-state index in [0.29, 0.717) is 28.6 Å². The number of fused-ring (bicyclic) bond motifs is 1. The molecule has 9 heteroatoms. The van der Waals surface area contributed by atoms with Crippen LogP contribution in [0.1, 0.15) is 52.3 Å². The van der Waals surface area contributed by atoms with E-state index in [-0.39, 0.29) is 47.3 Å². The van der Waals surface area contributed by atoms with Crippen LogP contribution in [0.5, 0.6) is 0 Å². The first-order valence-electron chi connectivity index (χ1n) is 11.6. The Balaban J connectivity index is 0.00000361. The number of ether oxygens (including phenoxy) is 1. The zero-order valence-electron chi connectivity index (χ0n) is 20.2. The fourth-order valence-electron chi connectivity index (χ4n) is 4.98. The van der Waals surface area contributed by atoms with Gasteiger partial charge in [-0.1, -0.05) is 51.1 Å². The van der Waals surface area contributed by atoms with Gasteiger partial charge >= 0.3 is 5.97 Å². The predicted octanol–water partition coefficient (Wildman–Crippen LogP) is 6.52. The summed E-state index contributed by atoms with van der Waals surface area (Å²) in [5, 5.41) is 5.88. The molecule has 2 N–H and O–H groups in total. The van der Waals surface area contributed by atoms with Crippen LogP contribution in [-0.4, -0.2) is 32.6 Å². The van der Waals surface area contributed by atoms with Crippen molar-refractivity contribution >= 4 is 40.5 Å². The SMILES string of the molecule is [C-]#[N+]c1c(C(=O)OC2C(C)CC(C)CC2C)c2nc(-c3cccc(NC(=O)C(=C)C)c3)[nH]n2c1Cl.[HH]. The van der Waals surface area contributed by atoms with Gasteiger partial charge in [0.2, 0.25) is 5.69 Å². The quantitative estimate of drug-likeness (QED) is 0.239. The highest BCUT2D eigenvalue weighted by molar-refractivity contribution is 6.34. The van der Waals surface area contributed by atoms with Gasteiger partial charge in [-0.25, -0.2) is 19.1 Å². The monoisotopic (exact) mass is 495 g/mol. The number of amides is 1. The molecule has 2 unspecified atom stereocenters. The molecular weight excluding hydrogens is 466 g/mol. The number of nitrogens with zero attached hydrogens (tertiary/aromatic N) is 3. The van der Waals surface area contributed by atoms with Gasteiger partial charge in [-0.3, -0.25) is 9.89 Å². The molecule has 1 aromatic carbocycles. The number of aromatic nitrogens is 3. The molecular formula is C26H30ClN5O3. The van der Waals surface area contributed by atoms with Gasteiger partial charge in [-0.15, -0.1) is 0 Å². The summed E-state index contributed by atoms with van der Waals surface area (Å²) < 4.78 is 7.36. The molecule has 3 aromatic rings. The zero-order valence-corrected chi connectivity index (χ0v) is 20.9. The third-order valence-corrected chi connectivity index (χ3v) is 6.86. The molecule has 0 bridgehead atoms. The minimum absolute atomic E-state index is 0. The summed E-state index contributed by atoms with van der Waals surface area (Å²) in [4.78, 5) is 33.4. The summed E-state index contributed by atoms with van der Waals surface area (Å²) in [5.41, 5.74) is 1.91. The van der Waals surface area contributed by atoms with Crippen molar-refractivity contribution in [3.8, 4) is 11.4 Å². The van der Waals surface area contributed by atoms with Crippen LogP contribution >= 0.6 is 11.6 Å².